The molecule has 2 unspecified atom stereocenters. The number of hydrogen-bond donors (Lipinski definition) is 0. The number of carbonyl (C=O) groups excluding carboxylic acids is 1. The lowest BCUT2D eigenvalue weighted by Gasteiger charge is -2.17. The van der Waals surface area contributed by atoms with Crippen LogP contribution >= 0.6 is 23.2 Å². The van der Waals surface area contributed by atoms with E-state index in [1.807, 2.05) is 0 Å². The van der Waals surface area contributed by atoms with Gasteiger partial charge in [-0.3, -0.25) is 4.79 Å². The number of carbonyl (C=O) groups is 1. The van der Waals surface area contributed by atoms with Crippen LogP contribution in [0.4, 0.5) is 0 Å². The normalized spacial score (nSPS) is 43.4. The maximum Gasteiger partial charge on any atom is 0.139 e. The van der Waals surface area contributed by atoms with E-state index in [2.05, 4.69) is 0 Å². The summed E-state index contributed by atoms with van der Waals surface area (Å²) >= 11 is 12.2. The van der Waals surface area contributed by atoms with Crippen LogP contribution in [0.25, 0.3) is 0 Å². The molecule has 2 aliphatic rings. The highest BCUT2D eigenvalue weighted by atomic mass is 35.5. The van der Waals surface area contributed by atoms with Gasteiger partial charge in [0.15, 0.2) is 0 Å². The van der Waals surface area contributed by atoms with Gasteiger partial charge in [-0.1, -0.05) is 12.8 Å². The third kappa shape index (κ3) is 0.793. The van der Waals surface area contributed by atoms with Crippen LogP contribution < -0.4 is 0 Å². The van der Waals surface area contributed by atoms with Crippen molar-refractivity contribution in [1.29, 1.82) is 0 Å². The van der Waals surface area contributed by atoms with Gasteiger partial charge in [0, 0.05) is 5.92 Å². The van der Waals surface area contributed by atoms with Crippen molar-refractivity contribution in [2.24, 2.45) is 11.3 Å². The van der Waals surface area contributed by atoms with Crippen molar-refractivity contribution >= 4 is 29.0 Å². The molecule has 2 rings (SSSR count). The number of alkyl halides is 2. The van der Waals surface area contributed by atoms with Crippen LogP contribution in [-0.2, 0) is 4.79 Å². The molecule has 68 valence electrons. The first-order valence-corrected chi connectivity index (χ1v) is 5.18. The molecule has 12 heavy (non-hydrogen) atoms. The predicted molar refractivity (Wildman–Crippen MR) is 49.5 cm³/mol. The molecule has 0 amide bonds. The summed E-state index contributed by atoms with van der Waals surface area (Å²) in [4.78, 5) is 11.4. The van der Waals surface area contributed by atoms with E-state index in [1.165, 1.54) is 6.42 Å². The third-order valence-corrected chi connectivity index (χ3v) is 4.69. The molecule has 2 aliphatic carbocycles. The largest absolute Gasteiger partial charge is 0.299 e. The molecule has 0 heterocycles. The molecule has 0 saturated heterocycles. The Kier molecular flexibility index (Phi) is 1.76. The van der Waals surface area contributed by atoms with E-state index in [-0.39, 0.29) is 17.1 Å². The Morgan fingerprint density at radius 3 is 2.50 bits per heavy atom. The molecule has 0 bridgehead atoms. The van der Waals surface area contributed by atoms with Crippen LogP contribution in [0.2, 0.25) is 0 Å². The summed E-state index contributed by atoms with van der Waals surface area (Å²) in [7, 11) is 0. The zero-order valence-electron chi connectivity index (χ0n) is 7.07. The second-order valence-corrected chi connectivity index (χ2v) is 5.33. The average molecular weight is 207 g/mol. The van der Waals surface area contributed by atoms with E-state index >= 15 is 0 Å². The van der Waals surface area contributed by atoms with Crippen LogP contribution in [0, 0.1) is 11.3 Å². The molecule has 2 fully saturated rings. The standard InChI is InChI=1S/C9H12Cl2O/c1-6(12)8-5-3-2-4-7(8)9(8,10)11/h7H,2-5H2,1H3. The van der Waals surface area contributed by atoms with Gasteiger partial charge in [-0.25, -0.2) is 0 Å². The predicted octanol–water partition coefficient (Wildman–Crippen LogP) is 2.94. The first-order chi connectivity index (χ1) is 5.53. The van der Waals surface area contributed by atoms with E-state index in [1.54, 1.807) is 6.92 Å². The molecule has 2 saturated carbocycles. The maximum atomic E-state index is 11.4. The second-order valence-electron chi connectivity index (χ2n) is 3.95. The fourth-order valence-corrected chi connectivity index (χ4v) is 3.91. The fraction of sp³-hybridized carbons (Fsp3) is 0.889. The zero-order chi connectivity index (χ0) is 8.98. The third-order valence-electron chi connectivity index (χ3n) is 3.49. The summed E-state index contributed by atoms with van der Waals surface area (Å²) in [5, 5.41) is 0. The molecule has 0 spiro atoms. The lowest BCUT2D eigenvalue weighted by molar-refractivity contribution is -0.123. The van der Waals surface area contributed by atoms with Crippen LogP contribution in [-0.4, -0.2) is 10.1 Å². The summed E-state index contributed by atoms with van der Waals surface area (Å²) < 4.78 is -0.741. The summed E-state index contributed by atoms with van der Waals surface area (Å²) in [5.41, 5.74) is -0.367. The average Bonchev–Trinajstić information content (AvgIpc) is 2.52. The zero-order valence-corrected chi connectivity index (χ0v) is 8.58. The van der Waals surface area contributed by atoms with Crippen LogP contribution in [0.1, 0.15) is 32.6 Å². The number of halogens is 2. The summed E-state index contributed by atoms with van der Waals surface area (Å²) in [6, 6.07) is 0. The molecule has 1 nitrogen and oxygen atoms in total. The van der Waals surface area contributed by atoms with Gasteiger partial charge >= 0.3 is 0 Å². The van der Waals surface area contributed by atoms with Crippen molar-refractivity contribution < 1.29 is 4.79 Å². The van der Waals surface area contributed by atoms with E-state index < -0.39 is 4.33 Å². The van der Waals surface area contributed by atoms with Crippen molar-refractivity contribution in [3.63, 3.8) is 0 Å². The highest BCUT2D eigenvalue weighted by molar-refractivity contribution is 6.53. The van der Waals surface area contributed by atoms with Gasteiger partial charge in [-0.15, -0.1) is 23.2 Å². The highest BCUT2D eigenvalue weighted by Crippen LogP contribution is 2.75. The van der Waals surface area contributed by atoms with E-state index in [9.17, 15) is 4.79 Å². The van der Waals surface area contributed by atoms with Gasteiger partial charge in [0.05, 0.1) is 5.41 Å². The van der Waals surface area contributed by atoms with Crippen molar-refractivity contribution in [2.45, 2.75) is 36.9 Å². The quantitative estimate of drug-likeness (QED) is 0.604. The number of hydrogen-bond acceptors (Lipinski definition) is 1. The smallest absolute Gasteiger partial charge is 0.139 e. The Bertz CT molecular complexity index is 237. The molecule has 0 aromatic rings. The minimum Gasteiger partial charge on any atom is -0.299 e. The molecule has 0 aliphatic heterocycles. The molecule has 0 aromatic carbocycles. The minimum atomic E-state index is -0.741. The summed E-state index contributed by atoms with van der Waals surface area (Å²) in [5.74, 6) is 0.414. The molecule has 0 N–H and O–H groups in total. The van der Waals surface area contributed by atoms with Gasteiger partial charge in [-0.05, 0) is 19.8 Å². The van der Waals surface area contributed by atoms with Crippen LogP contribution in [0.5, 0.6) is 0 Å². The molecule has 0 aromatic heterocycles. The number of rotatable bonds is 1. The molecule has 0 radical (unpaired) electrons. The van der Waals surface area contributed by atoms with Crippen molar-refractivity contribution in [3.8, 4) is 0 Å². The minimum absolute atomic E-state index is 0.178. The number of Topliss-reactive ketones (excluding diaryl/α,β-unsaturated/α-hetero) is 1. The van der Waals surface area contributed by atoms with E-state index in [0.29, 0.717) is 0 Å². The first kappa shape index (κ1) is 8.83. The van der Waals surface area contributed by atoms with Crippen LogP contribution in [0.15, 0.2) is 0 Å². The molecule has 2 atom stereocenters. The van der Waals surface area contributed by atoms with E-state index in [0.717, 1.165) is 19.3 Å². The van der Waals surface area contributed by atoms with Crippen molar-refractivity contribution in [2.75, 3.05) is 0 Å². The van der Waals surface area contributed by atoms with Gasteiger partial charge in [0.2, 0.25) is 0 Å². The van der Waals surface area contributed by atoms with Gasteiger partial charge in [-0.2, -0.15) is 0 Å². The Morgan fingerprint density at radius 2 is 2.08 bits per heavy atom. The maximum absolute atomic E-state index is 11.4. The Morgan fingerprint density at radius 1 is 1.42 bits per heavy atom. The second kappa shape index (κ2) is 2.39. The molecular weight excluding hydrogens is 195 g/mol. The fourth-order valence-electron chi connectivity index (χ4n) is 2.71. The lowest BCUT2D eigenvalue weighted by Crippen LogP contribution is -2.21. The topological polar surface area (TPSA) is 17.1 Å². The van der Waals surface area contributed by atoms with Gasteiger partial charge < -0.3 is 0 Å². The lowest BCUT2D eigenvalue weighted by atomic mass is 9.86. The molecular formula is C9H12Cl2O. The monoisotopic (exact) mass is 206 g/mol. The van der Waals surface area contributed by atoms with Gasteiger partial charge in [0.25, 0.3) is 0 Å². The first-order valence-electron chi connectivity index (χ1n) is 4.42. The Hall–Kier alpha value is 0.250. The highest BCUT2D eigenvalue weighted by Gasteiger charge is 2.78. The van der Waals surface area contributed by atoms with Crippen molar-refractivity contribution in [3.05, 3.63) is 0 Å². The van der Waals surface area contributed by atoms with Crippen LogP contribution in [0.3, 0.4) is 0 Å². The molecule has 3 heteroatoms. The SMILES string of the molecule is CC(=O)C12CCCCC1C2(Cl)Cl. The van der Waals surface area contributed by atoms with E-state index in [4.69, 9.17) is 23.2 Å². The summed E-state index contributed by atoms with van der Waals surface area (Å²) in [6.45, 7) is 1.62. The number of fused-ring (bicyclic) bond motifs is 1. The Balaban J connectivity index is 2.30. The Labute approximate surface area is 82.4 Å². The van der Waals surface area contributed by atoms with Gasteiger partial charge in [0.1, 0.15) is 10.1 Å². The number of ketones is 1. The summed E-state index contributed by atoms with van der Waals surface area (Å²) in [6.07, 6.45) is 4.17. The van der Waals surface area contributed by atoms with Crippen molar-refractivity contribution in [1.82, 2.24) is 0 Å².